The summed E-state index contributed by atoms with van der Waals surface area (Å²) in [5, 5.41) is 3.66. The van der Waals surface area contributed by atoms with Crippen LogP contribution in [0, 0.1) is 6.92 Å². The monoisotopic (exact) mass is 189 g/mol. The van der Waals surface area contributed by atoms with Crippen molar-refractivity contribution >= 4 is 5.69 Å². The van der Waals surface area contributed by atoms with Crippen LogP contribution in [0.3, 0.4) is 0 Å². The summed E-state index contributed by atoms with van der Waals surface area (Å²) >= 11 is 0. The smallest absolute Gasteiger partial charge is 0.0407 e. The third-order valence-electron chi connectivity index (χ3n) is 2.27. The van der Waals surface area contributed by atoms with Crippen LogP contribution in [0.2, 0.25) is 0 Å². The molecule has 0 spiro atoms. The highest BCUT2D eigenvalue weighted by Crippen LogP contribution is 2.30. The number of nitrogens with zero attached hydrogens (tertiary/aromatic N) is 3. The Kier molecular flexibility index (Phi) is 2.82. The van der Waals surface area contributed by atoms with Gasteiger partial charge in [-0.05, 0) is 29.0 Å². The molecule has 0 aliphatic carbocycles. The molecule has 0 saturated heterocycles. The van der Waals surface area contributed by atoms with Crippen LogP contribution in [0.4, 0.5) is 5.69 Å². The second kappa shape index (κ2) is 3.72. The summed E-state index contributed by atoms with van der Waals surface area (Å²) in [5.74, 6) is 0. The second-order valence-electron chi connectivity index (χ2n) is 4.39. The molecule has 0 aliphatic rings. The van der Waals surface area contributed by atoms with Crippen LogP contribution in [0.1, 0.15) is 31.9 Å². The van der Waals surface area contributed by atoms with Crippen molar-refractivity contribution in [3.63, 3.8) is 0 Å². The average Bonchev–Trinajstić information content (AvgIpc) is 2.07. The summed E-state index contributed by atoms with van der Waals surface area (Å²) < 4.78 is 0. The molecule has 0 radical (unpaired) electrons. The molecule has 0 saturated carbocycles. The molecule has 3 nitrogen and oxygen atoms in total. The van der Waals surface area contributed by atoms with Gasteiger partial charge in [-0.25, -0.2) is 0 Å². The number of hydrogen-bond donors (Lipinski definition) is 0. The summed E-state index contributed by atoms with van der Waals surface area (Å²) in [7, 11) is 0. The minimum absolute atomic E-state index is 0.0884. The van der Waals surface area contributed by atoms with Crippen molar-refractivity contribution < 1.29 is 0 Å². The van der Waals surface area contributed by atoms with E-state index in [1.165, 1.54) is 5.56 Å². The third-order valence-corrected chi connectivity index (χ3v) is 2.27. The largest absolute Gasteiger partial charge is 0.0615 e. The van der Waals surface area contributed by atoms with Crippen molar-refractivity contribution in [2.45, 2.75) is 33.1 Å². The first-order chi connectivity index (χ1) is 6.46. The fourth-order valence-electron chi connectivity index (χ4n) is 1.59. The maximum Gasteiger partial charge on any atom is 0.0407 e. The Labute approximate surface area is 84.4 Å². The van der Waals surface area contributed by atoms with Crippen LogP contribution in [-0.4, -0.2) is 0 Å². The van der Waals surface area contributed by atoms with Gasteiger partial charge < -0.3 is 0 Å². The van der Waals surface area contributed by atoms with E-state index < -0.39 is 0 Å². The molecule has 0 unspecified atom stereocenters. The molecule has 0 amide bonds. The van der Waals surface area contributed by atoms with Crippen molar-refractivity contribution in [2.75, 3.05) is 0 Å². The molecule has 0 heterocycles. The van der Waals surface area contributed by atoms with E-state index in [9.17, 15) is 0 Å². The molecule has 0 N–H and O–H groups in total. The number of benzene rings is 1. The van der Waals surface area contributed by atoms with Gasteiger partial charge in [-0.3, -0.25) is 0 Å². The van der Waals surface area contributed by atoms with E-state index >= 15 is 0 Å². The van der Waals surface area contributed by atoms with Crippen molar-refractivity contribution in [2.24, 2.45) is 5.11 Å². The lowest BCUT2D eigenvalue weighted by molar-refractivity contribution is 0.586. The van der Waals surface area contributed by atoms with E-state index in [0.717, 1.165) is 11.3 Å². The molecule has 3 heteroatoms. The minimum atomic E-state index is 0.0884. The summed E-state index contributed by atoms with van der Waals surface area (Å²) in [5.41, 5.74) is 11.5. The molecular formula is C11H15N3. The van der Waals surface area contributed by atoms with Gasteiger partial charge in [0.1, 0.15) is 0 Å². The van der Waals surface area contributed by atoms with Gasteiger partial charge >= 0.3 is 0 Å². The first-order valence-electron chi connectivity index (χ1n) is 4.62. The Bertz CT molecular complexity index is 382. The van der Waals surface area contributed by atoms with Crippen LogP contribution in [0.5, 0.6) is 0 Å². The topological polar surface area (TPSA) is 48.8 Å². The van der Waals surface area contributed by atoms with E-state index in [4.69, 9.17) is 5.53 Å². The van der Waals surface area contributed by atoms with Gasteiger partial charge in [0.25, 0.3) is 0 Å². The Morgan fingerprint density at radius 2 is 1.93 bits per heavy atom. The van der Waals surface area contributed by atoms with Crippen LogP contribution in [-0.2, 0) is 5.41 Å². The van der Waals surface area contributed by atoms with Crippen LogP contribution in [0.25, 0.3) is 10.4 Å². The van der Waals surface area contributed by atoms with Crippen molar-refractivity contribution in [1.29, 1.82) is 0 Å². The molecule has 0 fully saturated rings. The van der Waals surface area contributed by atoms with Crippen molar-refractivity contribution in [1.82, 2.24) is 0 Å². The highest BCUT2D eigenvalue weighted by atomic mass is 15.1. The Balaban J connectivity index is 3.34. The van der Waals surface area contributed by atoms with E-state index in [2.05, 4.69) is 36.9 Å². The molecule has 0 aromatic heterocycles. The summed E-state index contributed by atoms with van der Waals surface area (Å²) in [6, 6.07) is 5.84. The Hall–Kier alpha value is -1.47. The standard InChI is InChI=1S/C11H15N3/c1-8-9(11(2,3)4)6-5-7-10(8)13-14-12/h5-7H,1-4H3. The molecule has 74 valence electrons. The molecule has 1 rings (SSSR count). The average molecular weight is 189 g/mol. The Morgan fingerprint density at radius 3 is 2.43 bits per heavy atom. The lowest BCUT2D eigenvalue weighted by Crippen LogP contribution is -2.12. The van der Waals surface area contributed by atoms with Crippen molar-refractivity contribution in [3.05, 3.63) is 39.8 Å². The zero-order chi connectivity index (χ0) is 10.8. The highest BCUT2D eigenvalue weighted by Gasteiger charge is 2.16. The number of rotatable bonds is 1. The van der Waals surface area contributed by atoms with E-state index in [-0.39, 0.29) is 5.41 Å². The second-order valence-corrected chi connectivity index (χ2v) is 4.39. The number of azide groups is 1. The molecule has 0 atom stereocenters. The molecule has 14 heavy (non-hydrogen) atoms. The number of hydrogen-bond acceptors (Lipinski definition) is 1. The maximum atomic E-state index is 8.40. The highest BCUT2D eigenvalue weighted by molar-refractivity contribution is 5.51. The molecule has 1 aromatic carbocycles. The van der Waals surface area contributed by atoms with Gasteiger partial charge in [0, 0.05) is 10.6 Å². The summed E-state index contributed by atoms with van der Waals surface area (Å²) in [6.07, 6.45) is 0. The maximum absolute atomic E-state index is 8.40. The fourth-order valence-corrected chi connectivity index (χ4v) is 1.59. The van der Waals surface area contributed by atoms with Gasteiger partial charge in [-0.2, -0.15) is 0 Å². The molecular weight excluding hydrogens is 174 g/mol. The molecule has 0 aliphatic heterocycles. The van der Waals surface area contributed by atoms with Gasteiger partial charge in [0.15, 0.2) is 0 Å². The van der Waals surface area contributed by atoms with Gasteiger partial charge in [-0.1, -0.05) is 44.1 Å². The van der Waals surface area contributed by atoms with E-state index in [0.29, 0.717) is 0 Å². The van der Waals surface area contributed by atoms with Gasteiger partial charge in [-0.15, -0.1) is 0 Å². The third kappa shape index (κ3) is 2.06. The van der Waals surface area contributed by atoms with Gasteiger partial charge in [0.05, 0.1) is 0 Å². The lowest BCUT2D eigenvalue weighted by Gasteiger charge is -2.22. The zero-order valence-corrected chi connectivity index (χ0v) is 9.07. The fraction of sp³-hybridized carbons (Fsp3) is 0.455. The SMILES string of the molecule is Cc1c(N=[N+]=[N-])cccc1C(C)(C)C. The summed E-state index contributed by atoms with van der Waals surface area (Å²) in [4.78, 5) is 2.81. The minimum Gasteiger partial charge on any atom is -0.0615 e. The first-order valence-corrected chi connectivity index (χ1v) is 4.62. The predicted molar refractivity (Wildman–Crippen MR) is 58.7 cm³/mol. The lowest BCUT2D eigenvalue weighted by atomic mass is 9.84. The Morgan fingerprint density at radius 1 is 1.29 bits per heavy atom. The molecule has 1 aromatic rings. The zero-order valence-electron chi connectivity index (χ0n) is 9.07. The van der Waals surface area contributed by atoms with E-state index in [1.807, 2.05) is 19.1 Å². The van der Waals surface area contributed by atoms with Crippen LogP contribution in [0.15, 0.2) is 23.3 Å². The predicted octanol–water partition coefficient (Wildman–Crippen LogP) is 4.23. The van der Waals surface area contributed by atoms with E-state index in [1.54, 1.807) is 0 Å². The normalized spacial score (nSPS) is 10.9. The van der Waals surface area contributed by atoms with Gasteiger partial charge in [0.2, 0.25) is 0 Å². The van der Waals surface area contributed by atoms with Crippen LogP contribution < -0.4 is 0 Å². The van der Waals surface area contributed by atoms with Crippen LogP contribution >= 0.6 is 0 Å². The van der Waals surface area contributed by atoms with Crippen molar-refractivity contribution in [3.8, 4) is 0 Å². The first kappa shape index (κ1) is 10.6. The summed E-state index contributed by atoms with van der Waals surface area (Å²) in [6.45, 7) is 8.43. The molecule has 0 bridgehead atoms. The quantitative estimate of drug-likeness (QED) is 0.360.